The summed E-state index contributed by atoms with van der Waals surface area (Å²) in [5, 5.41) is 12.9. The number of carbonyl (C=O) groups excluding carboxylic acids is 1. The number of carbonyl (C=O) groups is 1. The molecule has 0 atom stereocenters. The van der Waals surface area contributed by atoms with Gasteiger partial charge in [-0.25, -0.2) is 0 Å². The summed E-state index contributed by atoms with van der Waals surface area (Å²) in [5.74, 6) is 1.26. The van der Waals surface area contributed by atoms with E-state index in [0.29, 0.717) is 27.8 Å². The molecule has 6 nitrogen and oxygen atoms in total. The van der Waals surface area contributed by atoms with E-state index < -0.39 is 5.91 Å². The van der Waals surface area contributed by atoms with Gasteiger partial charge >= 0.3 is 0 Å². The summed E-state index contributed by atoms with van der Waals surface area (Å²) in [7, 11) is 3.11. The highest BCUT2D eigenvalue weighted by Gasteiger charge is 2.13. The Morgan fingerprint density at radius 2 is 1.76 bits per heavy atom. The molecule has 0 heterocycles. The van der Waals surface area contributed by atoms with E-state index in [0.717, 1.165) is 11.1 Å². The fourth-order valence-electron chi connectivity index (χ4n) is 3.07. The van der Waals surface area contributed by atoms with Crippen molar-refractivity contribution in [2.75, 3.05) is 14.2 Å². The molecule has 0 saturated carbocycles. The molecule has 0 unspecified atom stereocenters. The van der Waals surface area contributed by atoms with E-state index in [4.69, 9.17) is 25.8 Å². The second-order valence-corrected chi connectivity index (χ2v) is 7.36. The van der Waals surface area contributed by atoms with Gasteiger partial charge in [0.15, 0.2) is 0 Å². The largest absolute Gasteiger partial charge is 0.497 e. The Labute approximate surface area is 198 Å². The van der Waals surface area contributed by atoms with Crippen LogP contribution >= 0.6 is 11.6 Å². The van der Waals surface area contributed by atoms with Gasteiger partial charge in [0.05, 0.1) is 14.2 Å². The van der Waals surface area contributed by atoms with Gasteiger partial charge in [0, 0.05) is 34.3 Å². The summed E-state index contributed by atoms with van der Waals surface area (Å²) in [6, 6.07) is 21.9. The average molecular weight is 463 g/mol. The number of methoxy groups -OCH3 is 2. The molecule has 3 rings (SSSR count). The number of nitriles is 1. The quantitative estimate of drug-likeness (QED) is 0.351. The maximum atomic E-state index is 12.7. The highest BCUT2D eigenvalue weighted by atomic mass is 35.5. The summed E-state index contributed by atoms with van der Waals surface area (Å²) >= 11 is 6.20. The zero-order valence-electron chi connectivity index (χ0n) is 18.3. The van der Waals surface area contributed by atoms with Crippen molar-refractivity contribution in [2.24, 2.45) is 0 Å². The minimum absolute atomic E-state index is 0.0451. The van der Waals surface area contributed by atoms with Gasteiger partial charge in [0.1, 0.15) is 35.5 Å². The summed E-state index contributed by atoms with van der Waals surface area (Å²) in [6.07, 6.45) is 1.50. The maximum Gasteiger partial charge on any atom is 0.262 e. The molecule has 0 spiro atoms. The SMILES string of the molecule is COc1ccc(CNC(=O)/C(C#N)=C/c2ccccc2OCc2ccccc2Cl)c(OC)c1. The number of hydrogen-bond donors (Lipinski definition) is 1. The second kappa shape index (κ2) is 11.6. The first-order valence-corrected chi connectivity index (χ1v) is 10.5. The fraction of sp³-hybridized carbons (Fsp3) is 0.154. The Kier molecular flexibility index (Phi) is 8.34. The van der Waals surface area contributed by atoms with E-state index in [1.165, 1.54) is 6.08 Å². The van der Waals surface area contributed by atoms with Crippen LogP contribution < -0.4 is 19.5 Å². The van der Waals surface area contributed by atoms with Gasteiger partial charge in [-0.2, -0.15) is 5.26 Å². The molecular formula is C26H23ClN2O4. The van der Waals surface area contributed by atoms with Gasteiger partial charge in [-0.15, -0.1) is 0 Å². The third-order valence-corrected chi connectivity index (χ3v) is 5.23. The lowest BCUT2D eigenvalue weighted by atomic mass is 10.1. The van der Waals surface area contributed by atoms with E-state index in [1.807, 2.05) is 36.4 Å². The number of para-hydroxylation sites is 1. The molecule has 0 radical (unpaired) electrons. The number of benzene rings is 3. The predicted octanol–water partition coefficient (Wildman–Crippen LogP) is 5.16. The third kappa shape index (κ3) is 6.28. The van der Waals surface area contributed by atoms with E-state index in [-0.39, 0.29) is 18.7 Å². The molecule has 1 amide bonds. The third-order valence-electron chi connectivity index (χ3n) is 4.86. The normalized spacial score (nSPS) is 10.8. The molecule has 0 aromatic heterocycles. The molecule has 3 aromatic rings. The molecule has 33 heavy (non-hydrogen) atoms. The van der Waals surface area contributed by atoms with Crippen molar-refractivity contribution in [3.05, 3.63) is 94.0 Å². The lowest BCUT2D eigenvalue weighted by Crippen LogP contribution is -2.24. The van der Waals surface area contributed by atoms with Crippen LogP contribution in [-0.2, 0) is 17.9 Å². The Hall–Kier alpha value is -3.95. The molecule has 0 fully saturated rings. The van der Waals surface area contributed by atoms with Gasteiger partial charge in [-0.05, 0) is 30.3 Å². The second-order valence-electron chi connectivity index (χ2n) is 6.95. The zero-order valence-corrected chi connectivity index (χ0v) is 19.1. The van der Waals surface area contributed by atoms with Crippen molar-refractivity contribution in [1.29, 1.82) is 5.26 Å². The Bertz CT molecular complexity index is 1200. The Balaban J connectivity index is 1.73. The summed E-state index contributed by atoms with van der Waals surface area (Å²) < 4.78 is 16.5. The number of amides is 1. The molecule has 0 aliphatic carbocycles. The standard InChI is InChI=1S/C26H23ClN2O4/c1-31-22-12-11-19(25(14-22)32-2)16-29-26(30)21(15-28)13-18-7-4-6-10-24(18)33-17-20-8-3-5-9-23(20)27/h3-14H,16-17H2,1-2H3,(H,29,30)/b21-13+. The van der Waals surface area contributed by atoms with Crippen molar-refractivity contribution in [3.8, 4) is 23.3 Å². The van der Waals surface area contributed by atoms with Crippen LogP contribution in [0.3, 0.4) is 0 Å². The van der Waals surface area contributed by atoms with Crippen LogP contribution in [0.2, 0.25) is 5.02 Å². The first-order valence-electron chi connectivity index (χ1n) is 10.1. The predicted molar refractivity (Wildman–Crippen MR) is 127 cm³/mol. The van der Waals surface area contributed by atoms with Gasteiger partial charge in [-0.3, -0.25) is 4.79 Å². The fourth-order valence-corrected chi connectivity index (χ4v) is 3.27. The van der Waals surface area contributed by atoms with Crippen LogP contribution in [0.5, 0.6) is 17.2 Å². The van der Waals surface area contributed by atoms with Crippen LogP contribution in [0.4, 0.5) is 0 Å². The first kappa shape index (κ1) is 23.7. The van der Waals surface area contributed by atoms with Crippen molar-refractivity contribution in [2.45, 2.75) is 13.2 Å². The number of rotatable bonds is 9. The number of nitrogens with zero attached hydrogens (tertiary/aromatic N) is 1. The smallest absolute Gasteiger partial charge is 0.262 e. The monoisotopic (exact) mass is 462 g/mol. The highest BCUT2D eigenvalue weighted by Crippen LogP contribution is 2.26. The maximum absolute atomic E-state index is 12.7. The number of halogens is 1. The average Bonchev–Trinajstić information content (AvgIpc) is 2.85. The molecule has 0 saturated heterocycles. The van der Waals surface area contributed by atoms with Gasteiger partial charge in [0.25, 0.3) is 5.91 Å². The molecule has 0 aliphatic heterocycles. The Morgan fingerprint density at radius 1 is 1.00 bits per heavy atom. The van der Waals surface area contributed by atoms with Crippen LogP contribution in [-0.4, -0.2) is 20.1 Å². The molecule has 3 aromatic carbocycles. The number of nitrogens with one attached hydrogen (secondary N) is 1. The lowest BCUT2D eigenvalue weighted by molar-refractivity contribution is -0.117. The molecule has 7 heteroatoms. The number of hydrogen-bond acceptors (Lipinski definition) is 5. The van der Waals surface area contributed by atoms with Crippen molar-refractivity contribution in [3.63, 3.8) is 0 Å². The van der Waals surface area contributed by atoms with Gasteiger partial charge in [0.2, 0.25) is 0 Å². The van der Waals surface area contributed by atoms with E-state index in [1.54, 1.807) is 50.6 Å². The lowest BCUT2D eigenvalue weighted by Gasteiger charge is -2.12. The van der Waals surface area contributed by atoms with Crippen LogP contribution in [0.25, 0.3) is 6.08 Å². The summed E-state index contributed by atoms with van der Waals surface area (Å²) in [4.78, 5) is 12.7. The van der Waals surface area contributed by atoms with E-state index in [2.05, 4.69) is 5.32 Å². The Morgan fingerprint density at radius 3 is 2.48 bits per heavy atom. The van der Waals surface area contributed by atoms with Crippen molar-refractivity contribution < 1.29 is 19.0 Å². The minimum atomic E-state index is -0.503. The summed E-state index contributed by atoms with van der Waals surface area (Å²) in [5.41, 5.74) is 2.16. The van der Waals surface area contributed by atoms with Crippen LogP contribution in [0.15, 0.2) is 72.3 Å². The van der Waals surface area contributed by atoms with E-state index in [9.17, 15) is 10.1 Å². The molecule has 0 bridgehead atoms. The van der Waals surface area contributed by atoms with Gasteiger partial charge < -0.3 is 19.5 Å². The molecule has 168 valence electrons. The topological polar surface area (TPSA) is 80.6 Å². The van der Waals surface area contributed by atoms with Crippen LogP contribution in [0, 0.1) is 11.3 Å². The minimum Gasteiger partial charge on any atom is -0.497 e. The van der Waals surface area contributed by atoms with Crippen molar-refractivity contribution in [1.82, 2.24) is 5.32 Å². The highest BCUT2D eigenvalue weighted by molar-refractivity contribution is 6.31. The summed E-state index contributed by atoms with van der Waals surface area (Å²) in [6.45, 7) is 0.450. The number of ether oxygens (including phenoxy) is 3. The van der Waals surface area contributed by atoms with E-state index >= 15 is 0 Å². The molecule has 1 N–H and O–H groups in total. The molecular weight excluding hydrogens is 440 g/mol. The molecule has 0 aliphatic rings. The van der Waals surface area contributed by atoms with Gasteiger partial charge in [-0.1, -0.05) is 48.0 Å². The zero-order chi connectivity index (χ0) is 23.6. The van der Waals surface area contributed by atoms with Crippen LogP contribution in [0.1, 0.15) is 16.7 Å². The van der Waals surface area contributed by atoms with Crippen molar-refractivity contribution >= 4 is 23.6 Å². The first-order chi connectivity index (χ1) is 16.0.